The monoisotopic (exact) mass is 197 g/mol. The molecule has 0 spiro atoms. The summed E-state index contributed by atoms with van der Waals surface area (Å²) in [5.41, 5.74) is 0. The van der Waals surface area contributed by atoms with E-state index < -0.39 is 0 Å². The second-order valence-corrected chi connectivity index (χ2v) is 5.28. The molecule has 2 aliphatic rings. The number of rotatable bonds is 1. The summed E-state index contributed by atoms with van der Waals surface area (Å²) in [6.07, 6.45) is 5.08. The van der Waals surface area contributed by atoms with Crippen LogP contribution in [-0.2, 0) is 4.74 Å². The summed E-state index contributed by atoms with van der Waals surface area (Å²) in [5, 5.41) is 0. The first-order valence-corrected chi connectivity index (χ1v) is 6.04. The standard InChI is InChI=1S/C12H23NO/c1-9-4-5-12(6-9)13-7-10(2)14-11(3)8-13/h9-12H,4-8H2,1-3H3. The molecule has 2 nitrogen and oxygen atoms in total. The number of hydrogen-bond donors (Lipinski definition) is 0. The molecular weight excluding hydrogens is 174 g/mol. The quantitative estimate of drug-likeness (QED) is 0.639. The molecule has 2 heteroatoms. The molecule has 0 N–H and O–H groups in total. The van der Waals surface area contributed by atoms with Crippen LogP contribution in [0.3, 0.4) is 0 Å². The maximum Gasteiger partial charge on any atom is 0.0678 e. The summed E-state index contributed by atoms with van der Waals surface area (Å²) in [6, 6.07) is 0.846. The van der Waals surface area contributed by atoms with Crippen molar-refractivity contribution in [1.82, 2.24) is 4.90 Å². The third kappa shape index (κ3) is 2.29. The normalized spacial score (nSPS) is 45.6. The van der Waals surface area contributed by atoms with E-state index in [1.54, 1.807) is 0 Å². The van der Waals surface area contributed by atoms with E-state index in [1.165, 1.54) is 19.3 Å². The SMILES string of the molecule is CC1CCC(N2CC(C)OC(C)C2)C1. The Morgan fingerprint density at radius 3 is 2.14 bits per heavy atom. The Labute approximate surface area is 87.6 Å². The van der Waals surface area contributed by atoms with Crippen LogP contribution in [0.25, 0.3) is 0 Å². The van der Waals surface area contributed by atoms with Gasteiger partial charge in [-0.1, -0.05) is 6.92 Å². The van der Waals surface area contributed by atoms with Gasteiger partial charge in [0, 0.05) is 19.1 Å². The van der Waals surface area contributed by atoms with Crippen molar-refractivity contribution in [3.05, 3.63) is 0 Å². The van der Waals surface area contributed by atoms with E-state index in [2.05, 4.69) is 25.7 Å². The molecule has 1 aliphatic carbocycles. The Balaban J connectivity index is 1.90. The van der Waals surface area contributed by atoms with Gasteiger partial charge >= 0.3 is 0 Å². The van der Waals surface area contributed by atoms with Gasteiger partial charge in [0.15, 0.2) is 0 Å². The average Bonchev–Trinajstić information content (AvgIpc) is 2.50. The molecule has 82 valence electrons. The molecule has 1 saturated heterocycles. The van der Waals surface area contributed by atoms with Crippen LogP contribution in [0.2, 0.25) is 0 Å². The molecule has 0 radical (unpaired) electrons. The minimum absolute atomic E-state index is 0.426. The lowest BCUT2D eigenvalue weighted by molar-refractivity contribution is -0.0798. The first-order valence-electron chi connectivity index (χ1n) is 6.04. The van der Waals surface area contributed by atoms with E-state index in [9.17, 15) is 0 Å². The molecule has 1 heterocycles. The van der Waals surface area contributed by atoms with Gasteiger partial charge in [0.05, 0.1) is 12.2 Å². The van der Waals surface area contributed by atoms with Gasteiger partial charge < -0.3 is 4.74 Å². The summed E-state index contributed by atoms with van der Waals surface area (Å²) in [6.45, 7) is 9.05. The second-order valence-electron chi connectivity index (χ2n) is 5.28. The number of ether oxygens (including phenoxy) is 1. The van der Waals surface area contributed by atoms with Gasteiger partial charge in [-0.2, -0.15) is 0 Å². The molecule has 14 heavy (non-hydrogen) atoms. The van der Waals surface area contributed by atoms with Crippen LogP contribution in [0.4, 0.5) is 0 Å². The smallest absolute Gasteiger partial charge is 0.0678 e. The Morgan fingerprint density at radius 1 is 1.00 bits per heavy atom. The molecule has 0 bridgehead atoms. The predicted molar refractivity (Wildman–Crippen MR) is 58.4 cm³/mol. The molecular formula is C12H23NO. The second kappa shape index (κ2) is 4.19. The molecule has 0 aromatic carbocycles. The van der Waals surface area contributed by atoms with Gasteiger partial charge in [0.2, 0.25) is 0 Å². The van der Waals surface area contributed by atoms with Crippen LogP contribution in [-0.4, -0.2) is 36.2 Å². The lowest BCUT2D eigenvalue weighted by Gasteiger charge is -2.39. The summed E-state index contributed by atoms with van der Waals surface area (Å²) >= 11 is 0. The number of hydrogen-bond acceptors (Lipinski definition) is 2. The van der Waals surface area contributed by atoms with E-state index in [0.29, 0.717) is 12.2 Å². The van der Waals surface area contributed by atoms with Gasteiger partial charge in [-0.25, -0.2) is 0 Å². The Kier molecular flexibility index (Phi) is 3.13. The van der Waals surface area contributed by atoms with Crippen molar-refractivity contribution in [2.24, 2.45) is 5.92 Å². The first-order chi connectivity index (χ1) is 6.65. The maximum absolute atomic E-state index is 5.76. The average molecular weight is 197 g/mol. The zero-order chi connectivity index (χ0) is 10.1. The van der Waals surface area contributed by atoms with Crippen molar-refractivity contribution in [2.45, 2.75) is 58.3 Å². The van der Waals surface area contributed by atoms with Crippen molar-refractivity contribution >= 4 is 0 Å². The van der Waals surface area contributed by atoms with Crippen LogP contribution in [0.5, 0.6) is 0 Å². The van der Waals surface area contributed by atoms with Crippen molar-refractivity contribution in [1.29, 1.82) is 0 Å². The molecule has 4 atom stereocenters. The van der Waals surface area contributed by atoms with Crippen LogP contribution in [0, 0.1) is 5.92 Å². The summed E-state index contributed by atoms with van der Waals surface area (Å²) < 4.78 is 5.76. The molecule has 0 aromatic heterocycles. The van der Waals surface area contributed by atoms with Gasteiger partial charge in [-0.3, -0.25) is 4.90 Å². The minimum atomic E-state index is 0.426. The molecule has 1 saturated carbocycles. The Hall–Kier alpha value is -0.0800. The zero-order valence-corrected chi connectivity index (χ0v) is 9.70. The molecule has 1 aliphatic heterocycles. The van der Waals surface area contributed by atoms with Gasteiger partial charge in [0.1, 0.15) is 0 Å². The molecule has 4 unspecified atom stereocenters. The van der Waals surface area contributed by atoms with Crippen LogP contribution < -0.4 is 0 Å². The largest absolute Gasteiger partial charge is 0.373 e. The summed E-state index contributed by atoms with van der Waals surface area (Å²) in [7, 11) is 0. The summed E-state index contributed by atoms with van der Waals surface area (Å²) in [4.78, 5) is 2.66. The van der Waals surface area contributed by atoms with Crippen molar-refractivity contribution in [3.63, 3.8) is 0 Å². The van der Waals surface area contributed by atoms with Gasteiger partial charge in [0.25, 0.3) is 0 Å². The highest BCUT2D eigenvalue weighted by Gasteiger charge is 2.31. The van der Waals surface area contributed by atoms with Gasteiger partial charge in [-0.05, 0) is 39.0 Å². The van der Waals surface area contributed by atoms with E-state index in [4.69, 9.17) is 4.74 Å². The fourth-order valence-electron chi connectivity index (χ4n) is 3.02. The van der Waals surface area contributed by atoms with Crippen molar-refractivity contribution < 1.29 is 4.74 Å². The summed E-state index contributed by atoms with van der Waals surface area (Å²) in [5.74, 6) is 0.938. The third-order valence-electron chi connectivity index (χ3n) is 3.63. The molecule has 0 aromatic rings. The third-order valence-corrected chi connectivity index (χ3v) is 3.63. The number of morpholine rings is 1. The lowest BCUT2D eigenvalue weighted by Crippen LogP contribution is -2.49. The molecule has 2 rings (SSSR count). The van der Waals surface area contributed by atoms with E-state index in [0.717, 1.165) is 25.0 Å². The highest BCUT2D eigenvalue weighted by molar-refractivity contribution is 4.85. The molecule has 2 fully saturated rings. The fraction of sp³-hybridized carbons (Fsp3) is 1.00. The first kappa shape index (κ1) is 10.4. The Morgan fingerprint density at radius 2 is 1.64 bits per heavy atom. The van der Waals surface area contributed by atoms with Crippen LogP contribution >= 0.6 is 0 Å². The fourth-order valence-corrected chi connectivity index (χ4v) is 3.02. The Bertz CT molecular complexity index is 185. The van der Waals surface area contributed by atoms with Crippen LogP contribution in [0.1, 0.15) is 40.0 Å². The highest BCUT2D eigenvalue weighted by atomic mass is 16.5. The van der Waals surface area contributed by atoms with E-state index in [1.807, 2.05) is 0 Å². The van der Waals surface area contributed by atoms with Crippen LogP contribution in [0.15, 0.2) is 0 Å². The molecule has 0 amide bonds. The maximum atomic E-state index is 5.76. The van der Waals surface area contributed by atoms with E-state index in [-0.39, 0.29) is 0 Å². The van der Waals surface area contributed by atoms with Crippen molar-refractivity contribution in [3.8, 4) is 0 Å². The highest BCUT2D eigenvalue weighted by Crippen LogP contribution is 2.30. The predicted octanol–water partition coefficient (Wildman–Crippen LogP) is 2.28. The zero-order valence-electron chi connectivity index (χ0n) is 9.70. The van der Waals surface area contributed by atoms with Crippen molar-refractivity contribution in [2.75, 3.05) is 13.1 Å². The topological polar surface area (TPSA) is 12.5 Å². The number of nitrogens with zero attached hydrogens (tertiary/aromatic N) is 1. The lowest BCUT2D eigenvalue weighted by atomic mass is 10.1. The van der Waals surface area contributed by atoms with Gasteiger partial charge in [-0.15, -0.1) is 0 Å². The minimum Gasteiger partial charge on any atom is -0.373 e. The van der Waals surface area contributed by atoms with E-state index >= 15 is 0 Å².